The third-order valence-corrected chi connectivity index (χ3v) is 4.51. The molecule has 1 aliphatic carbocycles. The first kappa shape index (κ1) is 18.9. The molecular formula is C19H17F3N2O3. The van der Waals surface area contributed by atoms with Crippen molar-refractivity contribution in [1.29, 1.82) is 0 Å². The predicted octanol–water partition coefficient (Wildman–Crippen LogP) is 4.16. The molecule has 1 saturated carbocycles. The molecule has 1 aliphatic rings. The van der Waals surface area contributed by atoms with E-state index in [0.29, 0.717) is 5.56 Å². The minimum Gasteiger partial charge on any atom is -0.477 e. The van der Waals surface area contributed by atoms with E-state index in [4.69, 9.17) is 5.11 Å². The highest BCUT2D eigenvalue weighted by Crippen LogP contribution is 2.37. The van der Waals surface area contributed by atoms with Crippen LogP contribution in [0.2, 0.25) is 0 Å². The molecule has 1 heterocycles. The molecule has 1 fully saturated rings. The summed E-state index contributed by atoms with van der Waals surface area (Å²) < 4.78 is 39.0. The average Bonchev–Trinajstić information content (AvgIpc) is 3.46. The van der Waals surface area contributed by atoms with Crippen molar-refractivity contribution in [1.82, 2.24) is 9.88 Å². The molecule has 3 rings (SSSR count). The van der Waals surface area contributed by atoms with Gasteiger partial charge in [-0.2, -0.15) is 13.2 Å². The number of carboxylic acid groups (broad SMARTS) is 1. The Bertz CT molecular complexity index is 878. The van der Waals surface area contributed by atoms with Gasteiger partial charge in [-0.05, 0) is 49.6 Å². The maximum atomic E-state index is 13.0. The standard InChI is InChI=1S/C19H17F3N2O3/c1-11(12-3-2-4-14(9-12)19(20,21)22)24(15-5-6-15)17(25)13-7-8-23-16(10-13)18(26)27/h2-4,7-11,15H,5-6H2,1H3,(H,26,27). The first-order valence-corrected chi connectivity index (χ1v) is 8.37. The summed E-state index contributed by atoms with van der Waals surface area (Å²) in [4.78, 5) is 29.3. The van der Waals surface area contributed by atoms with E-state index in [-0.39, 0.29) is 17.3 Å². The molecule has 1 atom stereocenters. The lowest BCUT2D eigenvalue weighted by Crippen LogP contribution is -2.35. The van der Waals surface area contributed by atoms with Crippen molar-refractivity contribution in [3.8, 4) is 0 Å². The molecule has 0 bridgehead atoms. The Hall–Kier alpha value is -2.90. The second kappa shape index (κ2) is 7.02. The number of alkyl halides is 3. The van der Waals surface area contributed by atoms with Gasteiger partial charge in [-0.3, -0.25) is 4.79 Å². The van der Waals surface area contributed by atoms with Gasteiger partial charge in [0.05, 0.1) is 11.6 Å². The predicted molar refractivity (Wildman–Crippen MR) is 90.2 cm³/mol. The quantitative estimate of drug-likeness (QED) is 0.848. The molecule has 27 heavy (non-hydrogen) atoms. The fourth-order valence-electron chi connectivity index (χ4n) is 2.98. The molecule has 0 spiro atoms. The maximum absolute atomic E-state index is 13.0. The zero-order valence-electron chi connectivity index (χ0n) is 14.4. The summed E-state index contributed by atoms with van der Waals surface area (Å²) in [5, 5.41) is 9.05. The fourth-order valence-corrected chi connectivity index (χ4v) is 2.98. The van der Waals surface area contributed by atoms with Gasteiger partial charge in [0.15, 0.2) is 0 Å². The Morgan fingerprint density at radius 3 is 2.52 bits per heavy atom. The van der Waals surface area contributed by atoms with Gasteiger partial charge in [-0.15, -0.1) is 0 Å². The van der Waals surface area contributed by atoms with Crippen LogP contribution in [0.1, 0.15) is 57.8 Å². The SMILES string of the molecule is CC(c1cccc(C(F)(F)F)c1)N(C(=O)c1ccnc(C(=O)O)c1)C1CC1. The van der Waals surface area contributed by atoms with E-state index in [9.17, 15) is 22.8 Å². The Balaban J connectivity index is 1.93. The highest BCUT2D eigenvalue weighted by molar-refractivity contribution is 5.97. The van der Waals surface area contributed by atoms with Crippen LogP contribution >= 0.6 is 0 Å². The number of carbonyl (C=O) groups excluding carboxylic acids is 1. The molecule has 2 aromatic rings. The van der Waals surface area contributed by atoms with E-state index in [1.54, 1.807) is 13.0 Å². The van der Waals surface area contributed by atoms with Crippen molar-refractivity contribution in [3.63, 3.8) is 0 Å². The van der Waals surface area contributed by atoms with Gasteiger partial charge in [0.25, 0.3) is 5.91 Å². The van der Waals surface area contributed by atoms with Crippen molar-refractivity contribution in [2.24, 2.45) is 0 Å². The zero-order valence-corrected chi connectivity index (χ0v) is 14.4. The lowest BCUT2D eigenvalue weighted by atomic mass is 10.0. The van der Waals surface area contributed by atoms with Gasteiger partial charge in [-0.1, -0.05) is 12.1 Å². The maximum Gasteiger partial charge on any atom is 0.416 e. The van der Waals surface area contributed by atoms with Gasteiger partial charge in [0.1, 0.15) is 5.69 Å². The van der Waals surface area contributed by atoms with Crippen LogP contribution in [0.4, 0.5) is 13.2 Å². The number of nitrogens with zero attached hydrogens (tertiary/aromatic N) is 2. The van der Waals surface area contributed by atoms with Crippen LogP contribution in [-0.2, 0) is 6.18 Å². The average molecular weight is 378 g/mol. The molecule has 0 saturated heterocycles. The largest absolute Gasteiger partial charge is 0.477 e. The number of carbonyl (C=O) groups is 2. The van der Waals surface area contributed by atoms with Gasteiger partial charge < -0.3 is 10.0 Å². The summed E-state index contributed by atoms with van der Waals surface area (Å²) >= 11 is 0. The van der Waals surface area contributed by atoms with Crippen LogP contribution in [-0.4, -0.2) is 32.9 Å². The second-order valence-electron chi connectivity index (χ2n) is 6.48. The minimum atomic E-state index is -4.47. The van der Waals surface area contributed by atoms with Gasteiger partial charge in [0, 0.05) is 17.8 Å². The van der Waals surface area contributed by atoms with Crippen molar-refractivity contribution < 1.29 is 27.9 Å². The number of pyridine rings is 1. The number of benzene rings is 1. The first-order chi connectivity index (χ1) is 12.7. The van der Waals surface area contributed by atoms with Crippen LogP contribution < -0.4 is 0 Å². The summed E-state index contributed by atoms with van der Waals surface area (Å²) in [7, 11) is 0. The number of aromatic nitrogens is 1. The normalized spacial score (nSPS) is 15.3. The highest BCUT2D eigenvalue weighted by atomic mass is 19.4. The molecule has 1 amide bonds. The number of hydrogen-bond acceptors (Lipinski definition) is 3. The van der Waals surface area contributed by atoms with Crippen molar-refractivity contribution in [2.45, 2.75) is 38.0 Å². The molecule has 1 N–H and O–H groups in total. The second-order valence-corrected chi connectivity index (χ2v) is 6.48. The summed E-state index contributed by atoms with van der Waals surface area (Å²) in [6.45, 7) is 1.67. The molecule has 5 nitrogen and oxygen atoms in total. The van der Waals surface area contributed by atoms with Gasteiger partial charge in [0.2, 0.25) is 0 Å². The lowest BCUT2D eigenvalue weighted by molar-refractivity contribution is -0.137. The number of aromatic carboxylic acids is 1. The number of amides is 1. The third-order valence-electron chi connectivity index (χ3n) is 4.51. The molecule has 0 aliphatic heterocycles. The van der Waals surface area contributed by atoms with E-state index < -0.39 is 29.7 Å². The lowest BCUT2D eigenvalue weighted by Gasteiger charge is -2.30. The summed E-state index contributed by atoms with van der Waals surface area (Å²) in [6, 6.07) is 6.82. The molecule has 1 aromatic carbocycles. The highest BCUT2D eigenvalue weighted by Gasteiger charge is 2.38. The van der Waals surface area contributed by atoms with Crippen LogP contribution in [0, 0.1) is 0 Å². The molecule has 142 valence electrons. The Labute approximate surface area is 153 Å². The molecular weight excluding hydrogens is 361 g/mol. The van der Waals surface area contributed by atoms with E-state index in [1.807, 2.05) is 0 Å². The number of carboxylic acids is 1. The third kappa shape index (κ3) is 4.10. The van der Waals surface area contributed by atoms with E-state index >= 15 is 0 Å². The topological polar surface area (TPSA) is 70.5 Å². The van der Waals surface area contributed by atoms with Crippen LogP contribution in [0.3, 0.4) is 0 Å². The van der Waals surface area contributed by atoms with Crippen LogP contribution in [0.5, 0.6) is 0 Å². The summed E-state index contributed by atoms with van der Waals surface area (Å²) in [5.41, 5.74) is -0.513. The van der Waals surface area contributed by atoms with Crippen molar-refractivity contribution in [3.05, 3.63) is 65.0 Å². The van der Waals surface area contributed by atoms with Gasteiger partial charge >= 0.3 is 12.1 Å². The number of rotatable bonds is 5. The van der Waals surface area contributed by atoms with Crippen LogP contribution in [0.25, 0.3) is 0 Å². The molecule has 0 radical (unpaired) electrons. The summed E-state index contributed by atoms with van der Waals surface area (Å²) in [5.74, 6) is -1.68. The zero-order chi connectivity index (χ0) is 19.8. The smallest absolute Gasteiger partial charge is 0.416 e. The minimum absolute atomic E-state index is 0.0801. The number of halogens is 3. The Morgan fingerprint density at radius 2 is 1.93 bits per heavy atom. The van der Waals surface area contributed by atoms with E-state index in [2.05, 4.69) is 4.98 Å². The first-order valence-electron chi connectivity index (χ1n) is 8.37. The van der Waals surface area contributed by atoms with E-state index in [0.717, 1.165) is 25.0 Å². The molecule has 8 heteroatoms. The fraction of sp³-hybridized carbons (Fsp3) is 0.316. The Kier molecular flexibility index (Phi) is 4.91. The van der Waals surface area contributed by atoms with Crippen LogP contribution in [0.15, 0.2) is 42.6 Å². The van der Waals surface area contributed by atoms with Crippen molar-refractivity contribution in [2.75, 3.05) is 0 Å². The summed E-state index contributed by atoms with van der Waals surface area (Å²) in [6.07, 6.45) is -1.72. The molecule has 1 unspecified atom stereocenters. The number of hydrogen-bond donors (Lipinski definition) is 1. The van der Waals surface area contributed by atoms with E-state index in [1.165, 1.54) is 29.3 Å². The molecule has 1 aromatic heterocycles. The van der Waals surface area contributed by atoms with Crippen molar-refractivity contribution >= 4 is 11.9 Å². The van der Waals surface area contributed by atoms with Gasteiger partial charge in [-0.25, -0.2) is 9.78 Å². The monoisotopic (exact) mass is 378 g/mol. The Morgan fingerprint density at radius 1 is 1.22 bits per heavy atom.